The molecule has 4 heteroatoms. The number of amides is 1. The fourth-order valence-corrected chi connectivity index (χ4v) is 3.76. The number of aromatic nitrogens is 1. The summed E-state index contributed by atoms with van der Waals surface area (Å²) in [6, 6.07) is 23.7. The lowest BCUT2D eigenvalue weighted by molar-refractivity contribution is 0.0952. The van der Waals surface area contributed by atoms with E-state index in [9.17, 15) is 4.79 Å². The smallest absolute Gasteiger partial charge is 0.252 e. The number of thiophene rings is 1. The summed E-state index contributed by atoms with van der Waals surface area (Å²) in [5, 5.41) is 3.90. The molecule has 0 atom stereocenters. The molecule has 2 aromatic carbocycles. The highest BCUT2D eigenvalue weighted by Gasteiger charge is 2.14. The zero-order valence-corrected chi connectivity index (χ0v) is 15.2. The summed E-state index contributed by atoms with van der Waals surface area (Å²) in [5.74, 6) is -0.0815. The zero-order valence-electron chi connectivity index (χ0n) is 14.4. The number of benzene rings is 2. The van der Waals surface area contributed by atoms with E-state index < -0.39 is 0 Å². The van der Waals surface area contributed by atoms with E-state index in [0.29, 0.717) is 12.1 Å². The predicted octanol–water partition coefficient (Wildman–Crippen LogP) is 5.20. The quantitative estimate of drug-likeness (QED) is 0.545. The number of carbonyl (C=O) groups excluding carboxylic acids is 1. The van der Waals surface area contributed by atoms with Crippen molar-refractivity contribution in [3.05, 3.63) is 88.8 Å². The van der Waals surface area contributed by atoms with Crippen LogP contribution in [0.4, 0.5) is 0 Å². The number of hydrogen-bond acceptors (Lipinski definition) is 3. The number of hydrogen-bond donors (Lipinski definition) is 1. The van der Waals surface area contributed by atoms with Gasteiger partial charge in [0.15, 0.2) is 0 Å². The molecule has 0 fully saturated rings. The Balaban J connectivity index is 1.71. The molecule has 4 aromatic rings. The molecule has 1 amide bonds. The number of nitrogens with zero attached hydrogens (tertiary/aromatic N) is 1. The Bertz CT molecular complexity index is 1070. The van der Waals surface area contributed by atoms with Crippen molar-refractivity contribution in [3.8, 4) is 10.6 Å². The molecule has 0 radical (unpaired) electrons. The van der Waals surface area contributed by atoms with E-state index in [1.54, 1.807) is 11.3 Å². The van der Waals surface area contributed by atoms with Crippen molar-refractivity contribution in [2.45, 2.75) is 13.5 Å². The molecule has 1 N–H and O–H groups in total. The summed E-state index contributed by atoms with van der Waals surface area (Å²) in [6.07, 6.45) is 0. The van der Waals surface area contributed by atoms with Crippen LogP contribution in [0.2, 0.25) is 0 Å². The second-order valence-electron chi connectivity index (χ2n) is 6.15. The Kier molecular flexibility index (Phi) is 4.50. The minimum Gasteiger partial charge on any atom is -0.348 e. The van der Waals surface area contributed by atoms with Crippen LogP contribution >= 0.6 is 11.3 Å². The van der Waals surface area contributed by atoms with Crippen LogP contribution in [0.25, 0.3) is 21.5 Å². The monoisotopic (exact) mass is 358 g/mol. The molecule has 0 aliphatic heterocycles. The van der Waals surface area contributed by atoms with E-state index in [1.165, 1.54) is 4.88 Å². The molecule has 0 spiro atoms. The Morgan fingerprint density at radius 3 is 2.54 bits per heavy atom. The van der Waals surface area contributed by atoms with Gasteiger partial charge < -0.3 is 5.32 Å². The largest absolute Gasteiger partial charge is 0.348 e. The molecule has 0 saturated carbocycles. The molecule has 2 heterocycles. The van der Waals surface area contributed by atoms with Gasteiger partial charge in [0.05, 0.1) is 21.7 Å². The number of pyridine rings is 1. The molecule has 2 aromatic heterocycles. The molecule has 0 unspecified atom stereocenters. The van der Waals surface area contributed by atoms with Crippen molar-refractivity contribution < 1.29 is 4.79 Å². The highest BCUT2D eigenvalue weighted by Crippen LogP contribution is 2.29. The van der Waals surface area contributed by atoms with Gasteiger partial charge in [-0.2, -0.15) is 0 Å². The van der Waals surface area contributed by atoms with Crippen LogP contribution < -0.4 is 5.32 Å². The summed E-state index contributed by atoms with van der Waals surface area (Å²) in [7, 11) is 0. The van der Waals surface area contributed by atoms with Gasteiger partial charge in [-0.25, -0.2) is 4.98 Å². The van der Waals surface area contributed by atoms with Crippen LogP contribution in [-0.2, 0) is 6.54 Å². The molecule has 4 rings (SSSR count). The number of aryl methyl sites for hydroxylation is 1. The van der Waals surface area contributed by atoms with Crippen molar-refractivity contribution in [2.24, 2.45) is 0 Å². The summed E-state index contributed by atoms with van der Waals surface area (Å²) >= 11 is 1.69. The van der Waals surface area contributed by atoms with Crippen molar-refractivity contribution in [1.29, 1.82) is 0 Å². The van der Waals surface area contributed by atoms with Crippen LogP contribution in [-0.4, -0.2) is 10.9 Å². The molecule has 0 bridgehead atoms. The predicted molar refractivity (Wildman–Crippen MR) is 107 cm³/mol. The van der Waals surface area contributed by atoms with Gasteiger partial charge in [-0.05, 0) is 36.8 Å². The topological polar surface area (TPSA) is 42.0 Å². The van der Waals surface area contributed by atoms with Crippen LogP contribution in [0, 0.1) is 6.92 Å². The van der Waals surface area contributed by atoms with Gasteiger partial charge in [-0.1, -0.05) is 48.5 Å². The number of fused-ring (bicyclic) bond motifs is 1. The first-order valence-corrected chi connectivity index (χ1v) is 9.31. The van der Waals surface area contributed by atoms with E-state index in [4.69, 9.17) is 4.98 Å². The number of rotatable bonds is 4. The lowest BCUT2D eigenvalue weighted by Gasteiger charge is -2.10. The molecule has 0 aliphatic rings. The van der Waals surface area contributed by atoms with E-state index in [-0.39, 0.29) is 5.91 Å². The first-order chi connectivity index (χ1) is 12.7. The summed E-state index contributed by atoms with van der Waals surface area (Å²) in [4.78, 5) is 19.9. The molecular weight excluding hydrogens is 340 g/mol. The third-order valence-corrected chi connectivity index (χ3v) is 5.27. The van der Waals surface area contributed by atoms with E-state index in [2.05, 4.69) is 24.4 Å². The molecular formula is C22H18N2OS. The lowest BCUT2D eigenvalue weighted by Crippen LogP contribution is -2.23. The van der Waals surface area contributed by atoms with Crippen molar-refractivity contribution in [2.75, 3.05) is 0 Å². The summed E-state index contributed by atoms with van der Waals surface area (Å²) < 4.78 is 0. The maximum atomic E-state index is 12.9. The normalized spacial score (nSPS) is 10.8. The highest BCUT2D eigenvalue weighted by atomic mass is 32.1. The van der Waals surface area contributed by atoms with Crippen molar-refractivity contribution >= 4 is 28.1 Å². The maximum absolute atomic E-state index is 12.9. The third kappa shape index (κ3) is 3.37. The maximum Gasteiger partial charge on any atom is 0.252 e. The highest BCUT2D eigenvalue weighted by molar-refractivity contribution is 7.15. The van der Waals surface area contributed by atoms with E-state index >= 15 is 0 Å². The van der Waals surface area contributed by atoms with E-state index in [1.807, 2.05) is 60.7 Å². The Hall–Kier alpha value is -2.98. The zero-order chi connectivity index (χ0) is 17.9. The van der Waals surface area contributed by atoms with Crippen LogP contribution in [0.1, 0.15) is 20.8 Å². The first kappa shape index (κ1) is 16.5. The second kappa shape index (κ2) is 7.10. The van der Waals surface area contributed by atoms with Gasteiger partial charge in [0, 0.05) is 16.8 Å². The van der Waals surface area contributed by atoms with Gasteiger partial charge >= 0.3 is 0 Å². The minimum absolute atomic E-state index is 0.0815. The standard InChI is InChI=1S/C22H18N2OS/c1-15-11-12-21(26-15)20-13-18(17-9-5-6-10-19(17)24-20)22(25)23-14-16-7-3-2-4-8-16/h2-13H,14H2,1H3,(H,23,25). The van der Waals surface area contributed by atoms with Crippen LogP contribution in [0.3, 0.4) is 0 Å². The Morgan fingerprint density at radius 2 is 1.77 bits per heavy atom. The van der Waals surface area contributed by atoms with Gasteiger partial charge in [-0.15, -0.1) is 11.3 Å². The van der Waals surface area contributed by atoms with Crippen molar-refractivity contribution in [1.82, 2.24) is 10.3 Å². The Labute approximate surface area is 156 Å². The molecule has 26 heavy (non-hydrogen) atoms. The van der Waals surface area contributed by atoms with Gasteiger partial charge in [0.2, 0.25) is 0 Å². The number of nitrogens with one attached hydrogen (secondary N) is 1. The molecule has 0 saturated heterocycles. The number of carbonyl (C=O) groups is 1. The van der Waals surface area contributed by atoms with Crippen molar-refractivity contribution in [3.63, 3.8) is 0 Å². The molecule has 128 valence electrons. The third-order valence-electron chi connectivity index (χ3n) is 4.25. The van der Waals surface area contributed by atoms with Gasteiger partial charge in [-0.3, -0.25) is 4.79 Å². The number of para-hydroxylation sites is 1. The summed E-state index contributed by atoms with van der Waals surface area (Å²) in [5.41, 5.74) is 3.41. The SMILES string of the molecule is Cc1ccc(-c2cc(C(=O)NCc3ccccc3)c3ccccc3n2)s1. The summed E-state index contributed by atoms with van der Waals surface area (Å²) in [6.45, 7) is 2.58. The molecule has 3 nitrogen and oxygen atoms in total. The van der Waals surface area contributed by atoms with Gasteiger partial charge in [0.1, 0.15) is 0 Å². The molecule has 0 aliphatic carbocycles. The van der Waals surface area contributed by atoms with E-state index in [0.717, 1.165) is 27.0 Å². The lowest BCUT2D eigenvalue weighted by atomic mass is 10.1. The Morgan fingerprint density at radius 1 is 1.00 bits per heavy atom. The fourth-order valence-electron chi connectivity index (χ4n) is 2.94. The first-order valence-electron chi connectivity index (χ1n) is 8.49. The second-order valence-corrected chi connectivity index (χ2v) is 7.44. The van der Waals surface area contributed by atoms with Crippen LogP contribution in [0.15, 0.2) is 72.8 Å². The minimum atomic E-state index is -0.0815. The fraction of sp³-hybridized carbons (Fsp3) is 0.0909. The average molecular weight is 358 g/mol. The van der Waals surface area contributed by atoms with Crippen LogP contribution in [0.5, 0.6) is 0 Å². The van der Waals surface area contributed by atoms with Gasteiger partial charge in [0.25, 0.3) is 5.91 Å². The average Bonchev–Trinajstić information content (AvgIpc) is 3.12.